The summed E-state index contributed by atoms with van der Waals surface area (Å²) in [5.41, 5.74) is 1.71. The fourth-order valence-electron chi connectivity index (χ4n) is 3.34. The highest BCUT2D eigenvalue weighted by Crippen LogP contribution is 2.41. The van der Waals surface area contributed by atoms with Crippen molar-refractivity contribution in [3.63, 3.8) is 0 Å². The molecule has 1 N–H and O–H groups in total. The maximum atomic E-state index is 13.4. The topological polar surface area (TPSA) is 59.8 Å². The fourth-order valence-corrected chi connectivity index (χ4v) is 3.91. The van der Waals surface area contributed by atoms with Gasteiger partial charge >= 0.3 is 0 Å². The molecule has 7 heteroatoms. The third kappa shape index (κ3) is 2.89. The third-order valence-corrected chi connectivity index (χ3v) is 5.26. The van der Waals surface area contributed by atoms with E-state index in [4.69, 9.17) is 0 Å². The Morgan fingerprint density at radius 3 is 2.96 bits per heavy atom. The third-order valence-electron chi connectivity index (χ3n) is 4.43. The quantitative estimate of drug-likeness (QED) is 0.670. The summed E-state index contributed by atoms with van der Waals surface area (Å²) in [5.74, 6) is 0.837. The number of allylic oxidation sites excluding steroid dienone is 2. The second kappa shape index (κ2) is 6.48. The van der Waals surface area contributed by atoms with E-state index in [2.05, 4.69) is 28.1 Å². The van der Waals surface area contributed by atoms with Crippen molar-refractivity contribution in [2.45, 2.75) is 24.0 Å². The standard InChI is InChI=1S/C18H17FN4OS/c1-2-10-25-18-21-17-20-13-4-3-5-14(24)15(13)16(23(17)22-18)11-6-8-12(19)9-7-11/h2,4,6-9,15-16H,1,3,5,10H2,(H,20,21,22)/t15-,16-/m1/s1. The molecule has 0 radical (unpaired) electrons. The Morgan fingerprint density at radius 1 is 1.40 bits per heavy atom. The zero-order valence-corrected chi connectivity index (χ0v) is 14.3. The smallest absolute Gasteiger partial charge is 0.227 e. The van der Waals surface area contributed by atoms with Crippen LogP contribution in [0, 0.1) is 11.7 Å². The summed E-state index contributed by atoms with van der Waals surface area (Å²) in [6, 6.07) is 5.94. The first-order chi connectivity index (χ1) is 12.2. The van der Waals surface area contributed by atoms with E-state index < -0.39 is 0 Å². The molecule has 0 amide bonds. The van der Waals surface area contributed by atoms with Crippen LogP contribution in [0.2, 0.25) is 0 Å². The van der Waals surface area contributed by atoms with E-state index in [1.807, 2.05) is 0 Å². The van der Waals surface area contributed by atoms with Crippen molar-refractivity contribution in [2.24, 2.45) is 5.92 Å². The molecule has 1 aromatic heterocycles. The maximum absolute atomic E-state index is 13.4. The van der Waals surface area contributed by atoms with E-state index in [0.29, 0.717) is 23.3 Å². The molecule has 1 aliphatic carbocycles. The van der Waals surface area contributed by atoms with Gasteiger partial charge in [0.05, 0.1) is 12.0 Å². The first-order valence-corrected chi connectivity index (χ1v) is 9.11. The van der Waals surface area contributed by atoms with Crippen LogP contribution < -0.4 is 5.32 Å². The lowest BCUT2D eigenvalue weighted by Gasteiger charge is -2.36. The van der Waals surface area contributed by atoms with Gasteiger partial charge in [-0.1, -0.05) is 36.0 Å². The number of thioether (sulfide) groups is 1. The number of anilines is 1. The Morgan fingerprint density at radius 2 is 2.20 bits per heavy atom. The van der Waals surface area contributed by atoms with Gasteiger partial charge in [0.1, 0.15) is 11.6 Å². The van der Waals surface area contributed by atoms with Gasteiger partial charge in [0.2, 0.25) is 11.1 Å². The molecule has 0 saturated carbocycles. The molecule has 1 aliphatic heterocycles. The first-order valence-electron chi connectivity index (χ1n) is 8.13. The lowest BCUT2D eigenvalue weighted by Crippen LogP contribution is -2.38. The first kappa shape index (κ1) is 16.1. The van der Waals surface area contributed by atoms with Crippen molar-refractivity contribution < 1.29 is 9.18 Å². The van der Waals surface area contributed by atoms with Crippen molar-refractivity contribution >= 4 is 23.5 Å². The van der Waals surface area contributed by atoms with E-state index in [-0.39, 0.29) is 23.6 Å². The molecule has 2 atom stereocenters. The van der Waals surface area contributed by atoms with Crippen LogP contribution in [0.15, 0.2) is 53.8 Å². The molecule has 128 valence electrons. The number of benzene rings is 1. The predicted molar refractivity (Wildman–Crippen MR) is 94.9 cm³/mol. The molecule has 25 heavy (non-hydrogen) atoms. The molecule has 0 fully saturated rings. The van der Waals surface area contributed by atoms with Gasteiger partial charge < -0.3 is 5.32 Å². The van der Waals surface area contributed by atoms with Crippen molar-refractivity contribution in [1.29, 1.82) is 0 Å². The van der Waals surface area contributed by atoms with Crippen LogP contribution in [-0.4, -0.2) is 26.3 Å². The molecule has 5 nitrogen and oxygen atoms in total. The van der Waals surface area contributed by atoms with Crippen molar-refractivity contribution in [3.05, 3.63) is 60.1 Å². The van der Waals surface area contributed by atoms with Gasteiger partial charge in [0.25, 0.3) is 0 Å². The number of carbonyl (C=O) groups is 1. The highest BCUT2D eigenvalue weighted by atomic mass is 32.2. The summed E-state index contributed by atoms with van der Waals surface area (Å²) in [7, 11) is 0. The minimum atomic E-state index is -0.342. The average molecular weight is 356 g/mol. The van der Waals surface area contributed by atoms with E-state index >= 15 is 0 Å². The monoisotopic (exact) mass is 356 g/mol. The lowest BCUT2D eigenvalue weighted by atomic mass is 9.81. The number of nitrogens with zero attached hydrogens (tertiary/aromatic N) is 3. The minimum Gasteiger partial charge on any atom is -0.328 e. The van der Waals surface area contributed by atoms with Crippen molar-refractivity contribution in [3.8, 4) is 0 Å². The summed E-state index contributed by atoms with van der Waals surface area (Å²) in [6.07, 6.45) is 5.08. The number of fused-ring (bicyclic) bond motifs is 2. The second-order valence-electron chi connectivity index (χ2n) is 6.03. The largest absolute Gasteiger partial charge is 0.328 e. The van der Waals surface area contributed by atoms with Gasteiger partial charge in [0, 0.05) is 17.9 Å². The molecule has 2 heterocycles. The van der Waals surface area contributed by atoms with Gasteiger partial charge in [-0.2, -0.15) is 4.98 Å². The van der Waals surface area contributed by atoms with Gasteiger partial charge in [-0.15, -0.1) is 11.7 Å². The molecule has 2 aliphatic rings. The molecule has 4 rings (SSSR count). The fraction of sp³-hybridized carbons (Fsp3) is 0.278. The molecule has 0 saturated heterocycles. The van der Waals surface area contributed by atoms with Crippen LogP contribution in [0.1, 0.15) is 24.4 Å². The predicted octanol–water partition coefficient (Wildman–Crippen LogP) is 3.57. The zero-order valence-electron chi connectivity index (χ0n) is 13.5. The number of hydrogen-bond acceptors (Lipinski definition) is 5. The van der Waals surface area contributed by atoms with E-state index in [0.717, 1.165) is 17.7 Å². The van der Waals surface area contributed by atoms with E-state index in [9.17, 15) is 9.18 Å². The van der Waals surface area contributed by atoms with Crippen LogP contribution in [0.25, 0.3) is 0 Å². The molecule has 0 bridgehead atoms. The number of nitrogens with one attached hydrogen (secondary N) is 1. The zero-order chi connectivity index (χ0) is 17.4. The molecule has 0 spiro atoms. The number of ketones is 1. The molecule has 2 aromatic rings. The van der Waals surface area contributed by atoms with Crippen LogP contribution >= 0.6 is 11.8 Å². The van der Waals surface area contributed by atoms with Crippen LogP contribution in [0.3, 0.4) is 0 Å². The number of halogens is 1. The number of Topliss-reactive ketones (excluding diaryl/α,β-unsaturated/α-hetero) is 1. The summed E-state index contributed by atoms with van der Waals surface area (Å²) in [5, 5.41) is 8.46. The lowest BCUT2D eigenvalue weighted by molar-refractivity contribution is -0.123. The molecule has 0 unspecified atom stereocenters. The average Bonchev–Trinajstić information content (AvgIpc) is 3.01. The Hall–Kier alpha value is -2.41. The Kier molecular flexibility index (Phi) is 4.17. The Labute approximate surface area is 149 Å². The van der Waals surface area contributed by atoms with E-state index in [1.54, 1.807) is 22.9 Å². The van der Waals surface area contributed by atoms with Gasteiger partial charge in [-0.05, 0) is 24.1 Å². The summed E-state index contributed by atoms with van der Waals surface area (Å²) < 4.78 is 15.1. The highest BCUT2D eigenvalue weighted by Gasteiger charge is 2.41. The number of hydrogen-bond donors (Lipinski definition) is 1. The molecular weight excluding hydrogens is 339 g/mol. The van der Waals surface area contributed by atoms with Crippen molar-refractivity contribution in [1.82, 2.24) is 14.8 Å². The maximum Gasteiger partial charge on any atom is 0.227 e. The Bertz CT molecular complexity index is 858. The van der Waals surface area contributed by atoms with Crippen molar-refractivity contribution in [2.75, 3.05) is 11.1 Å². The van der Waals surface area contributed by atoms with Crippen LogP contribution in [0.4, 0.5) is 10.3 Å². The number of aromatic nitrogens is 3. The van der Waals surface area contributed by atoms with Crippen LogP contribution in [-0.2, 0) is 4.79 Å². The summed E-state index contributed by atoms with van der Waals surface area (Å²) in [6.45, 7) is 3.71. The molecule has 1 aromatic carbocycles. The SMILES string of the molecule is C=CCSc1nc2n(n1)[C@H](c1ccc(F)cc1)[C@H]1C(=O)CCC=C1N2. The summed E-state index contributed by atoms with van der Waals surface area (Å²) in [4.78, 5) is 17.2. The summed E-state index contributed by atoms with van der Waals surface area (Å²) >= 11 is 1.48. The van der Waals surface area contributed by atoms with E-state index in [1.165, 1.54) is 23.9 Å². The normalized spacial score (nSPS) is 21.8. The second-order valence-corrected chi connectivity index (χ2v) is 7.01. The molecular formula is C18H17FN4OS. The van der Waals surface area contributed by atoms with Gasteiger partial charge in [-0.3, -0.25) is 4.79 Å². The number of rotatable bonds is 4. The highest BCUT2D eigenvalue weighted by molar-refractivity contribution is 7.99. The minimum absolute atomic E-state index is 0.167. The number of carbonyl (C=O) groups excluding carboxylic acids is 1. The van der Waals surface area contributed by atoms with Gasteiger partial charge in [0.15, 0.2) is 0 Å². The van der Waals surface area contributed by atoms with Gasteiger partial charge in [-0.25, -0.2) is 9.07 Å². The van der Waals surface area contributed by atoms with Crippen LogP contribution in [0.5, 0.6) is 0 Å². The Balaban J connectivity index is 1.82.